The molecule has 0 aromatic rings. The van der Waals surface area contributed by atoms with Crippen LogP contribution in [-0.4, -0.2) is 16.1 Å². The number of rotatable bonds is 0. The van der Waals surface area contributed by atoms with Crippen molar-refractivity contribution in [2.45, 2.75) is 36.2 Å². The van der Waals surface area contributed by atoms with Crippen LogP contribution in [0.4, 0.5) is 0 Å². The average Bonchev–Trinajstić information content (AvgIpc) is 1.78. The molecule has 0 aromatic carbocycles. The van der Waals surface area contributed by atoms with Crippen molar-refractivity contribution in [2.75, 3.05) is 6.61 Å². The van der Waals surface area contributed by atoms with Crippen molar-refractivity contribution in [1.29, 1.82) is 0 Å². The molecule has 0 radical (unpaired) electrons. The fourth-order valence-corrected chi connectivity index (χ4v) is 1.47. The molecule has 1 rings (SSSR count). The second kappa shape index (κ2) is 2.74. The van der Waals surface area contributed by atoms with E-state index in [4.69, 9.17) is 4.74 Å². The van der Waals surface area contributed by atoms with E-state index in [0.29, 0.717) is 0 Å². The molecule has 1 nitrogen and oxygen atoms in total. The van der Waals surface area contributed by atoms with Crippen LogP contribution in [0.25, 0.3) is 0 Å². The highest BCUT2D eigenvalue weighted by Crippen LogP contribution is 2.27. The molecular weight excluding hydrogens is 227 g/mol. The number of alkyl halides is 1. The molecule has 1 atom stereocenters. The van der Waals surface area contributed by atoms with Crippen LogP contribution in [0, 0.1) is 0 Å². The summed E-state index contributed by atoms with van der Waals surface area (Å²) in [6, 6.07) is 0. The Morgan fingerprint density at radius 2 is 2.22 bits per heavy atom. The van der Waals surface area contributed by atoms with Crippen LogP contribution in [0.3, 0.4) is 0 Å². The molecule has 9 heavy (non-hydrogen) atoms. The maximum Gasteiger partial charge on any atom is 0.0627 e. The van der Waals surface area contributed by atoms with Crippen LogP contribution >= 0.6 is 22.6 Å². The van der Waals surface area contributed by atoms with Crippen molar-refractivity contribution >= 4 is 22.6 Å². The first-order chi connectivity index (χ1) is 4.10. The van der Waals surface area contributed by atoms with Gasteiger partial charge in [-0.15, -0.1) is 0 Å². The molecule has 0 N–H and O–H groups in total. The van der Waals surface area contributed by atoms with Gasteiger partial charge in [-0.3, -0.25) is 0 Å². The molecule has 1 saturated heterocycles. The summed E-state index contributed by atoms with van der Waals surface area (Å²) in [7, 11) is 0. The van der Waals surface area contributed by atoms with Gasteiger partial charge in [0.2, 0.25) is 0 Å². The molecule has 0 aromatic heterocycles. The zero-order valence-electron chi connectivity index (χ0n) is 5.98. The molecule has 0 saturated carbocycles. The SMILES string of the molecule is CC1(C)CCC(I)CO1. The molecule has 1 unspecified atom stereocenters. The summed E-state index contributed by atoms with van der Waals surface area (Å²) in [6.45, 7) is 5.26. The molecule has 1 aliphatic heterocycles. The Hall–Kier alpha value is 0.690. The Balaban J connectivity index is 2.35. The fourth-order valence-electron chi connectivity index (χ4n) is 0.976. The van der Waals surface area contributed by atoms with Gasteiger partial charge in [0, 0.05) is 3.92 Å². The number of hydrogen-bond acceptors (Lipinski definition) is 1. The van der Waals surface area contributed by atoms with E-state index in [2.05, 4.69) is 36.4 Å². The van der Waals surface area contributed by atoms with Crippen molar-refractivity contribution in [3.8, 4) is 0 Å². The maximum atomic E-state index is 5.57. The Morgan fingerprint density at radius 1 is 1.56 bits per heavy atom. The summed E-state index contributed by atoms with van der Waals surface area (Å²) in [6.07, 6.45) is 2.52. The molecule has 0 bridgehead atoms. The minimum absolute atomic E-state index is 0.154. The largest absolute Gasteiger partial charge is 0.374 e. The van der Waals surface area contributed by atoms with Crippen LogP contribution in [0.2, 0.25) is 0 Å². The van der Waals surface area contributed by atoms with Gasteiger partial charge in [-0.05, 0) is 26.7 Å². The first-order valence-electron chi connectivity index (χ1n) is 3.38. The van der Waals surface area contributed by atoms with E-state index in [1.54, 1.807) is 0 Å². The Morgan fingerprint density at radius 3 is 2.56 bits per heavy atom. The predicted molar refractivity (Wildman–Crippen MR) is 47.1 cm³/mol. The average molecular weight is 240 g/mol. The minimum Gasteiger partial charge on any atom is -0.374 e. The van der Waals surface area contributed by atoms with Gasteiger partial charge in [0.15, 0.2) is 0 Å². The quantitative estimate of drug-likeness (QED) is 0.466. The molecule has 2 heteroatoms. The second-order valence-electron chi connectivity index (χ2n) is 3.21. The van der Waals surface area contributed by atoms with Gasteiger partial charge in [-0.25, -0.2) is 0 Å². The third-order valence-corrected chi connectivity index (χ3v) is 2.70. The zero-order valence-corrected chi connectivity index (χ0v) is 8.14. The van der Waals surface area contributed by atoms with Crippen LogP contribution in [0.5, 0.6) is 0 Å². The lowest BCUT2D eigenvalue weighted by atomic mass is 9.99. The Kier molecular flexibility index (Phi) is 2.37. The minimum atomic E-state index is 0.154. The van der Waals surface area contributed by atoms with E-state index in [-0.39, 0.29) is 5.60 Å². The van der Waals surface area contributed by atoms with Gasteiger partial charge < -0.3 is 4.74 Å². The van der Waals surface area contributed by atoms with E-state index in [9.17, 15) is 0 Å². The number of halogens is 1. The van der Waals surface area contributed by atoms with Gasteiger partial charge >= 0.3 is 0 Å². The van der Waals surface area contributed by atoms with Crippen molar-refractivity contribution < 1.29 is 4.74 Å². The normalized spacial score (nSPS) is 34.3. The monoisotopic (exact) mass is 240 g/mol. The van der Waals surface area contributed by atoms with Gasteiger partial charge in [-0.1, -0.05) is 22.6 Å². The van der Waals surface area contributed by atoms with E-state index < -0.39 is 0 Å². The summed E-state index contributed by atoms with van der Waals surface area (Å²) in [5.41, 5.74) is 0.154. The summed E-state index contributed by atoms with van der Waals surface area (Å²) in [4.78, 5) is 0. The zero-order chi connectivity index (χ0) is 6.91. The predicted octanol–water partition coefficient (Wildman–Crippen LogP) is 2.38. The van der Waals surface area contributed by atoms with Crippen molar-refractivity contribution in [1.82, 2.24) is 0 Å². The summed E-state index contributed by atoms with van der Waals surface area (Å²) in [5.74, 6) is 0. The molecule has 1 heterocycles. The van der Waals surface area contributed by atoms with Gasteiger partial charge in [-0.2, -0.15) is 0 Å². The van der Waals surface area contributed by atoms with Gasteiger partial charge in [0.25, 0.3) is 0 Å². The van der Waals surface area contributed by atoms with Crippen LogP contribution < -0.4 is 0 Å². The molecule has 1 fully saturated rings. The van der Waals surface area contributed by atoms with Crippen LogP contribution in [-0.2, 0) is 4.74 Å². The van der Waals surface area contributed by atoms with Crippen molar-refractivity contribution in [3.05, 3.63) is 0 Å². The Labute approximate surface area is 70.3 Å². The lowest BCUT2D eigenvalue weighted by Gasteiger charge is -2.32. The van der Waals surface area contributed by atoms with Gasteiger partial charge in [0.05, 0.1) is 12.2 Å². The first kappa shape index (κ1) is 7.79. The standard InChI is InChI=1S/C7H13IO/c1-7(2)4-3-6(8)5-9-7/h6H,3-5H2,1-2H3. The van der Waals surface area contributed by atoms with E-state index in [0.717, 1.165) is 10.5 Å². The lowest BCUT2D eigenvalue weighted by Crippen LogP contribution is -2.33. The molecular formula is C7H13IO. The van der Waals surface area contributed by atoms with E-state index in [1.807, 2.05) is 0 Å². The highest BCUT2D eigenvalue weighted by molar-refractivity contribution is 14.1. The van der Waals surface area contributed by atoms with E-state index >= 15 is 0 Å². The van der Waals surface area contributed by atoms with Crippen LogP contribution in [0.1, 0.15) is 26.7 Å². The Bertz CT molecular complexity index is 91.1. The molecule has 0 spiro atoms. The first-order valence-corrected chi connectivity index (χ1v) is 4.63. The smallest absolute Gasteiger partial charge is 0.0627 e. The second-order valence-corrected chi connectivity index (χ2v) is 4.97. The van der Waals surface area contributed by atoms with Crippen LogP contribution in [0.15, 0.2) is 0 Å². The summed E-state index contributed by atoms with van der Waals surface area (Å²) in [5, 5.41) is 0. The topological polar surface area (TPSA) is 9.23 Å². The molecule has 0 aliphatic carbocycles. The highest BCUT2D eigenvalue weighted by atomic mass is 127. The third kappa shape index (κ3) is 2.42. The lowest BCUT2D eigenvalue weighted by molar-refractivity contribution is -0.0458. The maximum absolute atomic E-state index is 5.57. The number of ether oxygens (including phenoxy) is 1. The molecule has 54 valence electrons. The fraction of sp³-hybridized carbons (Fsp3) is 1.00. The third-order valence-electron chi connectivity index (χ3n) is 1.71. The van der Waals surface area contributed by atoms with Crippen molar-refractivity contribution in [2.24, 2.45) is 0 Å². The van der Waals surface area contributed by atoms with Gasteiger partial charge in [0.1, 0.15) is 0 Å². The van der Waals surface area contributed by atoms with E-state index in [1.165, 1.54) is 12.8 Å². The highest BCUT2D eigenvalue weighted by Gasteiger charge is 2.25. The summed E-state index contributed by atoms with van der Waals surface area (Å²) < 4.78 is 6.32. The molecule has 0 amide bonds. The number of hydrogen-bond donors (Lipinski definition) is 0. The molecule has 1 aliphatic rings. The summed E-state index contributed by atoms with van der Waals surface area (Å²) >= 11 is 2.45. The van der Waals surface area contributed by atoms with Crippen molar-refractivity contribution in [3.63, 3.8) is 0 Å².